The molecule has 0 radical (unpaired) electrons. The van der Waals surface area contributed by atoms with Crippen LogP contribution in [0.25, 0.3) is 33.6 Å². The Balaban J connectivity index is 1.87. The number of nitrogens with zero attached hydrogens (tertiary/aromatic N) is 2. The number of rotatable bonds is 4. The van der Waals surface area contributed by atoms with Crippen molar-refractivity contribution in [3.63, 3.8) is 0 Å². The highest BCUT2D eigenvalue weighted by Gasteiger charge is 2.26. The molecule has 0 unspecified atom stereocenters. The van der Waals surface area contributed by atoms with Crippen LogP contribution in [0.5, 0.6) is 11.5 Å². The standard InChI is InChI=1S/C26H22N2O5/c1-15-21-13-23-20-9-8-19(32-2)12-17(20)10-11-27(23)25(22(21)14-24(33-3)26(15)29)16-4-6-18(7-5-16)28(30)31/h4-9,12-14H,10-11H2,1-3H3. The van der Waals surface area contributed by atoms with Gasteiger partial charge in [-0.15, -0.1) is 0 Å². The molecule has 7 heteroatoms. The van der Waals surface area contributed by atoms with E-state index in [0.717, 1.165) is 52.4 Å². The van der Waals surface area contributed by atoms with Crippen LogP contribution in [0.4, 0.5) is 5.69 Å². The van der Waals surface area contributed by atoms with Gasteiger partial charge < -0.3 is 14.0 Å². The van der Waals surface area contributed by atoms with E-state index in [2.05, 4.69) is 16.7 Å². The molecule has 2 aromatic rings. The van der Waals surface area contributed by atoms with Crippen LogP contribution < -0.4 is 14.9 Å². The quantitative estimate of drug-likeness (QED) is 0.325. The summed E-state index contributed by atoms with van der Waals surface area (Å²) < 4.78 is 13.0. The van der Waals surface area contributed by atoms with E-state index < -0.39 is 4.92 Å². The average Bonchev–Trinajstić information content (AvgIpc) is 2.84. The van der Waals surface area contributed by atoms with Gasteiger partial charge in [0.25, 0.3) is 5.69 Å². The third kappa shape index (κ3) is 3.24. The molecule has 2 heterocycles. The van der Waals surface area contributed by atoms with Crippen LogP contribution in [0, 0.1) is 17.0 Å². The van der Waals surface area contributed by atoms with Gasteiger partial charge in [0.2, 0.25) is 5.43 Å². The van der Waals surface area contributed by atoms with Crippen LogP contribution >= 0.6 is 0 Å². The number of aromatic nitrogens is 1. The summed E-state index contributed by atoms with van der Waals surface area (Å²) >= 11 is 0. The van der Waals surface area contributed by atoms with Gasteiger partial charge in [-0.25, -0.2) is 0 Å². The Morgan fingerprint density at radius 2 is 1.70 bits per heavy atom. The zero-order valence-corrected chi connectivity index (χ0v) is 18.5. The van der Waals surface area contributed by atoms with Crippen molar-refractivity contribution >= 4 is 5.69 Å². The van der Waals surface area contributed by atoms with Gasteiger partial charge in [-0.1, -0.05) is 0 Å². The van der Waals surface area contributed by atoms with Crippen molar-refractivity contribution < 1.29 is 14.4 Å². The lowest BCUT2D eigenvalue weighted by atomic mass is 9.88. The Hall–Kier alpha value is -4.13. The number of benzene rings is 3. The first kappa shape index (κ1) is 20.8. The van der Waals surface area contributed by atoms with Crippen LogP contribution in [0.15, 0.2) is 59.4 Å². The molecule has 0 N–H and O–H groups in total. The van der Waals surface area contributed by atoms with Crippen LogP contribution in [0.3, 0.4) is 0 Å². The molecule has 166 valence electrons. The van der Waals surface area contributed by atoms with Crippen molar-refractivity contribution in [2.24, 2.45) is 0 Å². The molecule has 33 heavy (non-hydrogen) atoms. The maximum atomic E-state index is 12.9. The van der Waals surface area contributed by atoms with Crippen LogP contribution in [0.1, 0.15) is 11.1 Å². The predicted molar refractivity (Wildman–Crippen MR) is 126 cm³/mol. The summed E-state index contributed by atoms with van der Waals surface area (Å²) in [6.07, 6.45) is 0.811. The summed E-state index contributed by atoms with van der Waals surface area (Å²) in [4.78, 5) is 23.6. The van der Waals surface area contributed by atoms with E-state index in [1.807, 2.05) is 19.1 Å². The van der Waals surface area contributed by atoms with Gasteiger partial charge in [0.15, 0.2) is 5.75 Å². The zero-order valence-electron chi connectivity index (χ0n) is 18.5. The van der Waals surface area contributed by atoms with Gasteiger partial charge in [-0.2, -0.15) is 0 Å². The number of ether oxygens (including phenoxy) is 2. The van der Waals surface area contributed by atoms with Crippen molar-refractivity contribution in [3.05, 3.63) is 86.1 Å². The van der Waals surface area contributed by atoms with Crippen molar-refractivity contribution in [1.82, 2.24) is 4.57 Å². The average molecular weight is 442 g/mol. The topological polar surface area (TPSA) is 83.6 Å². The second kappa shape index (κ2) is 7.78. The number of non-ortho nitro benzene ring substituents is 1. The summed E-state index contributed by atoms with van der Waals surface area (Å²) in [7, 11) is 3.14. The lowest BCUT2D eigenvalue weighted by Crippen LogP contribution is -2.19. The third-order valence-corrected chi connectivity index (χ3v) is 6.40. The minimum absolute atomic E-state index is 0.0332. The summed E-state index contributed by atoms with van der Waals surface area (Å²) in [5, 5.41) is 11.2. The van der Waals surface area contributed by atoms with Gasteiger partial charge >= 0.3 is 0 Å². The van der Waals surface area contributed by atoms with Gasteiger partial charge in [-0.05, 0) is 72.5 Å². The highest BCUT2D eigenvalue weighted by molar-refractivity contribution is 5.89. The zero-order chi connectivity index (χ0) is 23.3. The lowest BCUT2D eigenvalue weighted by Gasteiger charge is -2.30. The minimum Gasteiger partial charge on any atom is -0.497 e. The second-order valence-electron chi connectivity index (χ2n) is 8.10. The van der Waals surface area contributed by atoms with Crippen LogP contribution in [-0.2, 0) is 13.0 Å². The Labute approximate surface area is 190 Å². The largest absolute Gasteiger partial charge is 0.497 e. The Kier molecular flexibility index (Phi) is 4.89. The number of nitro groups is 1. The number of hydrogen-bond donors (Lipinski definition) is 0. The fraction of sp³-hybridized carbons (Fsp3) is 0.192. The molecule has 0 atom stereocenters. The first-order chi connectivity index (χ1) is 15.9. The van der Waals surface area contributed by atoms with Gasteiger partial charge in [-0.3, -0.25) is 14.9 Å². The maximum absolute atomic E-state index is 12.9. The molecule has 1 aliphatic carbocycles. The van der Waals surface area contributed by atoms with Gasteiger partial charge in [0, 0.05) is 41.1 Å². The maximum Gasteiger partial charge on any atom is 0.269 e. The van der Waals surface area contributed by atoms with Crippen molar-refractivity contribution in [3.8, 4) is 45.1 Å². The summed E-state index contributed by atoms with van der Waals surface area (Å²) in [5.41, 5.74) is 7.20. The van der Waals surface area contributed by atoms with Gasteiger partial charge in [0.05, 0.1) is 24.8 Å². The summed E-state index contributed by atoms with van der Waals surface area (Å²) in [6, 6.07) is 16.4. The molecule has 0 bridgehead atoms. The first-order valence-corrected chi connectivity index (χ1v) is 10.6. The van der Waals surface area contributed by atoms with E-state index in [9.17, 15) is 14.9 Å². The fourth-order valence-corrected chi connectivity index (χ4v) is 4.69. The number of hydrogen-bond acceptors (Lipinski definition) is 5. The number of aryl methyl sites for hydroxylation is 1. The minimum atomic E-state index is -0.407. The van der Waals surface area contributed by atoms with E-state index in [4.69, 9.17) is 9.47 Å². The van der Waals surface area contributed by atoms with E-state index in [0.29, 0.717) is 5.56 Å². The molecule has 0 fully saturated rings. The van der Waals surface area contributed by atoms with Crippen LogP contribution in [0.2, 0.25) is 0 Å². The van der Waals surface area contributed by atoms with Crippen molar-refractivity contribution in [1.29, 1.82) is 0 Å². The normalized spacial score (nSPS) is 12.2. The van der Waals surface area contributed by atoms with Gasteiger partial charge in [0.1, 0.15) is 5.75 Å². The molecule has 7 nitrogen and oxygen atoms in total. The molecule has 0 amide bonds. The molecule has 3 aliphatic rings. The second-order valence-corrected chi connectivity index (χ2v) is 8.10. The van der Waals surface area contributed by atoms with E-state index in [-0.39, 0.29) is 16.9 Å². The molecule has 0 aromatic heterocycles. The highest BCUT2D eigenvalue weighted by Crippen LogP contribution is 2.43. The third-order valence-electron chi connectivity index (χ3n) is 6.40. The van der Waals surface area contributed by atoms with E-state index in [1.54, 1.807) is 25.3 Å². The monoisotopic (exact) mass is 442 g/mol. The summed E-state index contributed by atoms with van der Waals surface area (Å²) in [6.45, 7) is 2.53. The van der Waals surface area contributed by atoms with E-state index >= 15 is 0 Å². The van der Waals surface area contributed by atoms with Crippen molar-refractivity contribution in [2.45, 2.75) is 19.9 Å². The molecular weight excluding hydrogens is 420 g/mol. The predicted octanol–water partition coefficient (Wildman–Crippen LogP) is 5.08. The molecular formula is C26H22N2O5. The Morgan fingerprint density at radius 3 is 2.36 bits per heavy atom. The van der Waals surface area contributed by atoms with E-state index in [1.165, 1.54) is 24.8 Å². The first-order valence-electron chi connectivity index (χ1n) is 10.6. The fourth-order valence-electron chi connectivity index (χ4n) is 4.69. The number of methoxy groups -OCH3 is 2. The molecule has 0 saturated carbocycles. The molecule has 0 saturated heterocycles. The number of pyridine rings is 1. The molecule has 0 spiro atoms. The molecule has 2 aliphatic heterocycles. The summed E-state index contributed by atoms with van der Waals surface area (Å²) in [5.74, 6) is 1.09. The van der Waals surface area contributed by atoms with Crippen molar-refractivity contribution in [2.75, 3.05) is 14.2 Å². The number of fused-ring (bicyclic) bond motifs is 4. The number of nitro benzene ring substituents is 1. The Bertz CT molecular complexity index is 1440. The lowest BCUT2D eigenvalue weighted by molar-refractivity contribution is -0.384. The Morgan fingerprint density at radius 1 is 0.939 bits per heavy atom. The highest BCUT2D eigenvalue weighted by atomic mass is 16.6. The molecule has 5 rings (SSSR count). The SMILES string of the molecule is COc1ccc2c(c1)CCn1c-2cc2c(C)c(=O)c(OC)cc-2c1-c1ccc([N+](=O)[O-])cc1. The van der Waals surface area contributed by atoms with Crippen LogP contribution in [-0.4, -0.2) is 23.7 Å². The molecule has 2 aromatic carbocycles. The smallest absolute Gasteiger partial charge is 0.269 e.